The monoisotopic (exact) mass is 414 g/mol. The SMILES string of the molecule is O=C1C(=Cc2cccc(Cl)c2)Oc2cc(OCc3c(F)cccc3Cl)ccc21. The maximum atomic E-state index is 13.9. The summed E-state index contributed by atoms with van der Waals surface area (Å²) in [6.07, 6.45) is 1.63. The van der Waals surface area contributed by atoms with Gasteiger partial charge in [-0.05, 0) is 48.0 Å². The average molecular weight is 415 g/mol. The number of rotatable bonds is 4. The number of hydrogen-bond donors (Lipinski definition) is 0. The van der Waals surface area contributed by atoms with Crippen molar-refractivity contribution in [3.05, 3.63) is 99.0 Å². The molecular weight excluding hydrogens is 402 g/mol. The van der Waals surface area contributed by atoms with E-state index in [9.17, 15) is 9.18 Å². The van der Waals surface area contributed by atoms with Crippen LogP contribution in [0.25, 0.3) is 6.08 Å². The van der Waals surface area contributed by atoms with Gasteiger partial charge in [-0.1, -0.05) is 41.4 Å². The van der Waals surface area contributed by atoms with Gasteiger partial charge in [0.2, 0.25) is 5.78 Å². The molecule has 3 aromatic rings. The third-order valence-electron chi connectivity index (χ3n) is 4.23. The molecule has 28 heavy (non-hydrogen) atoms. The van der Waals surface area contributed by atoms with Crippen molar-refractivity contribution >= 4 is 35.1 Å². The van der Waals surface area contributed by atoms with Crippen molar-refractivity contribution in [2.45, 2.75) is 6.61 Å². The molecule has 3 aromatic carbocycles. The molecule has 1 aliphatic heterocycles. The van der Waals surface area contributed by atoms with Crippen molar-refractivity contribution < 1.29 is 18.7 Å². The summed E-state index contributed by atoms with van der Waals surface area (Å²) in [5, 5.41) is 0.860. The van der Waals surface area contributed by atoms with Crippen LogP contribution < -0.4 is 9.47 Å². The van der Waals surface area contributed by atoms with Crippen LogP contribution >= 0.6 is 23.2 Å². The van der Waals surface area contributed by atoms with Crippen molar-refractivity contribution in [2.24, 2.45) is 0 Å². The Kier molecular flexibility index (Phi) is 5.07. The lowest BCUT2D eigenvalue weighted by molar-refractivity contribution is 0.101. The van der Waals surface area contributed by atoms with Gasteiger partial charge in [0.1, 0.15) is 23.9 Å². The molecule has 3 nitrogen and oxygen atoms in total. The molecule has 0 atom stereocenters. The molecule has 4 rings (SSSR count). The number of ether oxygens (including phenoxy) is 2. The number of halogens is 3. The summed E-state index contributed by atoms with van der Waals surface area (Å²) in [4.78, 5) is 12.5. The summed E-state index contributed by atoms with van der Waals surface area (Å²) in [5.41, 5.74) is 1.46. The van der Waals surface area contributed by atoms with Gasteiger partial charge >= 0.3 is 0 Å². The second-order valence-electron chi connectivity index (χ2n) is 6.14. The van der Waals surface area contributed by atoms with E-state index in [4.69, 9.17) is 32.7 Å². The van der Waals surface area contributed by atoms with Gasteiger partial charge in [0, 0.05) is 16.7 Å². The largest absolute Gasteiger partial charge is 0.489 e. The molecule has 0 spiro atoms. The topological polar surface area (TPSA) is 35.5 Å². The molecule has 6 heteroatoms. The molecule has 0 radical (unpaired) electrons. The number of carbonyl (C=O) groups excluding carboxylic acids is 1. The molecule has 0 aliphatic carbocycles. The summed E-state index contributed by atoms with van der Waals surface area (Å²) >= 11 is 12.0. The van der Waals surface area contributed by atoms with Gasteiger partial charge < -0.3 is 9.47 Å². The van der Waals surface area contributed by atoms with Crippen LogP contribution in [0.4, 0.5) is 4.39 Å². The van der Waals surface area contributed by atoms with Gasteiger partial charge in [-0.2, -0.15) is 0 Å². The van der Waals surface area contributed by atoms with E-state index in [-0.39, 0.29) is 23.7 Å². The molecule has 0 fully saturated rings. The number of carbonyl (C=O) groups is 1. The average Bonchev–Trinajstić information content (AvgIpc) is 2.96. The minimum atomic E-state index is -0.438. The van der Waals surface area contributed by atoms with Gasteiger partial charge in [0.05, 0.1) is 10.6 Å². The Bertz CT molecular complexity index is 1090. The molecular formula is C22H13Cl2FO3. The Balaban J connectivity index is 1.54. The second-order valence-corrected chi connectivity index (χ2v) is 6.99. The Morgan fingerprint density at radius 3 is 2.64 bits per heavy atom. The first-order valence-corrected chi connectivity index (χ1v) is 9.16. The van der Waals surface area contributed by atoms with Crippen LogP contribution in [0.3, 0.4) is 0 Å². The number of allylic oxidation sites excluding steroid dienone is 1. The van der Waals surface area contributed by atoms with Crippen LogP contribution in [0.5, 0.6) is 11.5 Å². The molecule has 1 heterocycles. The zero-order valence-electron chi connectivity index (χ0n) is 14.4. The van der Waals surface area contributed by atoms with E-state index in [1.54, 1.807) is 48.5 Å². The maximum Gasteiger partial charge on any atom is 0.231 e. The van der Waals surface area contributed by atoms with Crippen LogP contribution in [0.1, 0.15) is 21.5 Å². The van der Waals surface area contributed by atoms with E-state index >= 15 is 0 Å². The van der Waals surface area contributed by atoms with Crippen molar-refractivity contribution in [1.29, 1.82) is 0 Å². The minimum absolute atomic E-state index is 0.0382. The van der Waals surface area contributed by atoms with Gasteiger partial charge in [-0.3, -0.25) is 4.79 Å². The molecule has 0 bridgehead atoms. The molecule has 0 N–H and O–H groups in total. The summed E-state index contributed by atoms with van der Waals surface area (Å²) in [6.45, 7) is -0.0382. The number of benzene rings is 3. The van der Waals surface area contributed by atoms with Crippen LogP contribution in [-0.2, 0) is 6.61 Å². The minimum Gasteiger partial charge on any atom is -0.489 e. The zero-order chi connectivity index (χ0) is 19.7. The van der Waals surface area contributed by atoms with Crippen molar-refractivity contribution in [2.75, 3.05) is 0 Å². The van der Waals surface area contributed by atoms with E-state index in [0.717, 1.165) is 5.56 Å². The van der Waals surface area contributed by atoms with Crippen LogP contribution in [-0.4, -0.2) is 5.78 Å². The van der Waals surface area contributed by atoms with Gasteiger partial charge in [-0.15, -0.1) is 0 Å². The standard InChI is InChI=1S/C22H13Cl2FO3/c23-14-4-1-3-13(9-14)10-21-22(26)16-8-7-15(11-20(16)28-21)27-12-17-18(24)5-2-6-19(17)25/h1-11H,12H2. The maximum absolute atomic E-state index is 13.9. The zero-order valence-corrected chi connectivity index (χ0v) is 15.9. The number of fused-ring (bicyclic) bond motifs is 1. The van der Waals surface area contributed by atoms with E-state index < -0.39 is 5.82 Å². The van der Waals surface area contributed by atoms with E-state index in [0.29, 0.717) is 27.1 Å². The molecule has 0 saturated carbocycles. The van der Waals surface area contributed by atoms with Crippen LogP contribution in [0, 0.1) is 5.82 Å². The molecule has 0 saturated heterocycles. The fraction of sp³-hybridized carbons (Fsp3) is 0.0455. The highest BCUT2D eigenvalue weighted by atomic mass is 35.5. The first kappa shape index (κ1) is 18.5. The highest BCUT2D eigenvalue weighted by Crippen LogP contribution is 2.35. The highest BCUT2D eigenvalue weighted by molar-refractivity contribution is 6.31. The van der Waals surface area contributed by atoms with Crippen LogP contribution in [0.2, 0.25) is 10.0 Å². The van der Waals surface area contributed by atoms with Crippen molar-refractivity contribution in [3.63, 3.8) is 0 Å². The molecule has 1 aliphatic rings. The highest BCUT2D eigenvalue weighted by Gasteiger charge is 2.27. The number of Topliss-reactive ketones (excluding diaryl/α,β-unsaturated/α-hetero) is 1. The van der Waals surface area contributed by atoms with Crippen molar-refractivity contribution in [1.82, 2.24) is 0 Å². The summed E-state index contributed by atoms with van der Waals surface area (Å²) in [5.74, 6) is 0.363. The quantitative estimate of drug-likeness (QED) is 0.468. The Morgan fingerprint density at radius 1 is 1.04 bits per heavy atom. The number of ketones is 1. The Labute approximate surface area is 170 Å². The third kappa shape index (κ3) is 3.75. The lowest BCUT2D eigenvalue weighted by Crippen LogP contribution is -1.99. The normalized spacial score (nSPS) is 14.1. The van der Waals surface area contributed by atoms with Gasteiger partial charge in [-0.25, -0.2) is 4.39 Å². The van der Waals surface area contributed by atoms with Crippen molar-refractivity contribution in [3.8, 4) is 11.5 Å². The first-order valence-electron chi connectivity index (χ1n) is 8.41. The molecule has 140 valence electrons. The van der Waals surface area contributed by atoms with Crippen LogP contribution in [0.15, 0.2) is 66.4 Å². The predicted molar refractivity (Wildman–Crippen MR) is 107 cm³/mol. The van der Waals surface area contributed by atoms with Gasteiger partial charge in [0.25, 0.3) is 0 Å². The Morgan fingerprint density at radius 2 is 1.86 bits per heavy atom. The summed E-state index contributed by atoms with van der Waals surface area (Å²) in [7, 11) is 0. The lowest BCUT2D eigenvalue weighted by Gasteiger charge is -2.09. The molecule has 0 unspecified atom stereocenters. The first-order chi connectivity index (χ1) is 13.5. The Hall–Kier alpha value is -2.82. The predicted octanol–water partition coefficient (Wildman–Crippen LogP) is 6.33. The number of hydrogen-bond acceptors (Lipinski definition) is 3. The lowest BCUT2D eigenvalue weighted by atomic mass is 10.1. The molecule has 0 amide bonds. The third-order valence-corrected chi connectivity index (χ3v) is 4.82. The van der Waals surface area contributed by atoms with E-state index in [1.165, 1.54) is 12.1 Å². The fourth-order valence-corrected chi connectivity index (χ4v) is 3.25. The molecule has 0 aromatic heterocycles. The smallest absolute Gasteiger partial charge is 0.231 e. The fourth-order valence-electron chi connectivity index (χ4n) is 2.83. The van der Waals surface area contributed by atoms with E-state index in [1.807, 2.05) is 6.07 Å². The second kappa shape index (κ2) is 7.66. The van der Waals surface area contributed by atoms with Gasteiger partial charge in [0.15, 0.2) is 5.76 Å². The van der Waals surface area contributed by atoms with E-state index in [2.05, 4.69) is 0 Å². The summed E-state index contributed by atoms with van der Waals surface area (Å²) < 4.78 is 25.2. The summed E-state index contributed by atoms with van der Waals surface area (Å²) in [6, 6.07) is 16.4.